The highest BCUT2D eigenvalue weighted by Crippen LogP contribution is 2.19. The molecule has 3 rings (SSSR count). The molecule has 2 amide bonds. The van der Waals surface area contributed by atoms with Crippen LogP contribution in [0.4, 0.5) is 5.82 Å². The summed E-state index contributed by atoms with van der Waals surface area (Å²) in [5, 5.41) is 6.52. The molecule has 0 spiro atoms. The second-order valence-corrected chi connectivity index (χ2v) is 6.45. The van der Waals surface area contributed by atoms with Crippen LogP contribution in [-0.2, 0) is 20.9 Å². The third-order valence-corrected chi connectivity index (χ3v) is 4.43. The zero-order valence-corrected chi connectivity index (χ0v) is 14.8. The number of benzene rings is 1. The van der Waals surface area contributed by atoms with Gasteiger partial charge in [0.2, 0.25) is 11.8 Å². The number of hydrogen-bond acceptors (Lipinski definition) is 5. The van der Waals surface area contributed by atoms with Crippen LogP contribution >= 0.6 is 0 Å². The summed E-state index contributed by atoms with van der Waals surface area (Å²) in [5.41, 5.74) is 1.04. The summed E-state index contributed by atoms with van der Waals surface area (Å²) in [5.74, 6) is 0.843. The van der Waals surface area contributed by atoms with Gasteiger partial charge in [0.1, 0.15) is 12.4 Å². The molecule has 2 aromatic rings. The quantitative estimate of drug-likeness (QED) is 0.858. The highest BCUT2D eigenvalue weighted by Gasteiger charge is 2.27. The molecule has 1 N–H and O–H groups in total. The van der Waals surface area contributed by atoms with Crippen molar-refractivity contribution in [3.8, 4) is 0 Å². The van der Waals surface area contributed by atoms with Gasteiger partial charge in [0.15, 0.2) is 5.82 Å². The van der Waals surface area contributed by atoms with Crippen molar-refractivity contribution in [3.05, 3.63) is 47.7 Å². The first-order chi connectivity index (χ1) is 12.6. The molecule has 0 bridgehead atoms. The van der Waals surface area contributed by atoms with Crippen LogP contribution in [0.25, 0.3) is 0 Å². The average Bonchev–Trinajstić information content (AvgIpc) is 3.07. The van der Waals surface area contributed by atoms with Crippen molar-refractivity contribution in [2.45, 2.75) is 26.4 Å². The number of aromatic nitrogens is 1. The maximum absolute atomic E-state index is 12.3. The van der Waals surface area contributed by atoms with Crippen LogP contribution in [0.15, 0.2) is 40.9 Å². The van der Waals surface area contributed by atoms with Gasteiger partial charge in [0.25, 0.3) is 0 Å². The molecule has 26 heavy (non-hydrogen) atoms. The van der Waals surface area contributed by atoms with Crippen molar-refractivity contribution < 1.29 is 18.8 Å². The van der Waals surface area contributed by atoms with Crippen LogP contribution in [0, 0.1) is 12.8 Å². The SMILES string of the molecule is Cc1cc(NC(=O)C2CCN(C(=O)COCc3ccccc3)CC2)no1. The Balaban J connectivity index is 1.38. The van der Waals surface area contributed by atoms with Gasteiger partial charge < -0.3 is 19.5 Å². The van der Waals surface area contributed by atoms with Crippen LogP contribution in [-0.4, -0.2) is 41.6 Å². The van der Waals surface area contributed by atoms with Gasteiger partial charge in [0.05, 0.1) is 6.61 Å². The van der Waals surface area contributed by atoms with E-state index in [9.17, 15) is 9.59 Å². The fraction of sp³-hybridized carbons (Fsp3) is 0.421. The Morgan fingerprint density at radius 3 is 2.65 bits per heavy atom. The monoisotopic (exact) mass is 357 g/mol. The Hall–Kier alpha value is -2.67. The smallest absolute Gasteiger partial charge is 0.248 e. The molecular weight excluding hydrogens is 334 g/mol. The van der Waals surface area contributed by atoms with E-state index < -0.39 is 0 Å². The molecule has 1 aromatic carbocycles. The van der Waals surface area contributed by atoms with Crippen molar-refractivity contribution in [3.63, 3.8) is 0 Å². The lowest BCUT2D eigenvalue weighted by Crippen LogP contribution is -2.42. The highest BCUT2D eigenvalue weighted by molar-refractivity contribution is 5.91. The number of nitrogens with zero attached hydrogens (tertiary/aromatic N) is 2. The molecule has 7 nitrogen and oxygen atoms in total. The maximum Gasteiger partial charge on any atom is 0.248 e. The summed E-state index contributed by atoms with van der Waals surface area (Å²) in [6, 6.07) is 11.4. The van der Waals surface area contributed by atoms with Crippen LogP contribution in [0.1, 0.15) is 24.2 Å². The van der Waals surface area contributed by atoms with E-state index in [4.69, 9.17) is 9.26 Å². The number of anilines is 1. The Kier molecular flexibility index (Phi) is 6.01. The minimum absolute atomic E-state index is 0.0353. The van der Waals surface area contributed by atoms with Crippen LogP contribution in [0.5, 0.6) is 0 Å². The topological polar surface area (TPSA) is 84.7 Å². The Morgan fingerprint density at radius 1 is 1.27 bits per heavy atom. The highest BCUT2D eigenvalue weighted by atomic mass is 16.5. The molecule has 1 aromatic heterocycles. The standard InChI is InChI=1S/C19H23N3O4/c1-14-11-17(21-26-14)20-19(24)16-7-9-22(10-8-16)18(23)13-25-12-15-5-3-2-4-6-15/h2-6,11,16H,7-10,12-13H2,1H3,(H,20,21,24). The Bertz CT molecular complexity index is 736. The summed E-state index contributed by atoms with van der Waals surface area (Å²) >= 11 is 0. The van der Waals surface area contributed by atoms with E-state index in [1.807, 2.05) is 30.3 Å². The molecule has 1 fully saturated rings. The summed E-state index contributed by atoms with van der Waals surface area (Å²) in [4.78, 5) is 26.3. The second-order valence-electron chi connectivity index (χ2n) is 6.45. The van der Waals surface area contributed by atoms with Gasteiger partial charge in [-0.2, -0.15) is 0 Å². The van der Waals surface area contributed by atoms with Gasteiger partial charge in [-0.05, 0) is 25.3 Å². The third kappa shape index (κ3) is 4.92. The molecule has 0 unspecified atom stereocenters. The largest absolute Gasteiger partial charge is 0.367 e. The van der Waals surface area contributed by atoms with Gasteiger partial charge in [-0.3, -0.25) is 9.59 Å². The fourth-order valence-electron chi connectivity index (χ4n) is 2.97. The van der Waals surface area contributed by atoms with Crippen LogP contribution in [0.2, 0.25) is 0 Å². The number of carbonyl (C=O) groups is 2. The maximum atomic E-state index is 12.3. The first-order valence-corrected chi connectivity index (χ1v) is 8.75. The summed E-state index contributed by atoms with van der Waals surface area (Å²) in [6.07, 6.45) is 1.26. The number of amides is 2. The number of piperidine rings is 1. The van der Waals surface area contributed by atoms with Gasteiger partial charge >= 0.3 is 0 Å². The summed E-state index contributed by atoms with van der Waals surface area (Å²) < 4.78 is 10.4. The Morgan fingerprint density at radius 2 is 2.00 bits per heavy atom. The lowest BCUT2D eigenvalue weighted by Gasteiger charge is -2.31. The summed E-state index contributed by atoms with van der Waals surface area (Å²) in [7, 11) is 0. The fourth-order valence-corrected chi connectivity index (χ4v) is 2.97. The van der Waals surface area contributed by atoms with Gasteiger partial charge in [-0.15, -0.1) is 0 Å². The van der Waals surface area contributed by atoms with Crippen molar-refractivity contribution in [2.24, 2.45) is 5.92 Å². The zero-order chi connectivity index (χ0) is 18.4. The number of carbonyl (C=O) groups excluding carboxylic acids is 2. The average molecular weight is 357 g/mol. The van der Waals surface area contributed by atoms with E-state index in [0.717, 1.165) is 5.56 Å². The number of likely N-dealkylation sites (tertiary alicyclic amines) is 1. The molecule has 0 atom stereocenters. The van der Waals surface area contributed by atoms with E-state index in [1.165, 1.54) is 0 Å². The predicted octanol–water partition coefficient (Wildman–Crippen LogP) is 2.38. The normalized spacial score (nSPS) is 15.0. The third-order valence-electron chi connectivity index (χ3n) is 4.43. The zero-order valence-electron chi connectivity index (χ0n) is 14.8. The van der Waals surface area contributed by atoms with Crippen LogP contribution in [0.3, 0.4) is 0 Å². The first-order valence-electron chi connectivity index (χ1n) is 8.75. The van der Waals surface area contributed by atoms with Crippen LogP contribution < -0.4 is 5.32 Å². The van der Waals surface area contributed by atoms with E-state index in [2.05, 4.69) is 10.5 Å². The number of ether oxygens (including phenoxy) is 1. The molecule has 0 saturated carbocycles. The first kappa shape index (κ1) is 18.1. The molecule has 7 heteroatoms. The Labute approximate surface area is 152 Å². The predicted molar refractivity (Wildman–Crippen MR) is 95.3 cm³/mol. The molecule has 1 aliphatic rings. The van der Waals surface area contributed by atoms with Gasteiger partial charge in [0, 0.05) is 25.1 Å². The molecule has 0 radical (unpaired) electrons. The molecular formula is C19H23N3O4. The second kappa shape index (κ2) is 8.62. The number of hydrogen-bond donors (Lipinski definition) is 1. The molecule has 2 heterocycles. The van der Waals surface area contributed by atoms with E-state index >= 15 is 0 Å². The molecule has 1 aliphatic heterocycles. The van der Waals surface area contributed by atoms with E-state index in [0.29, 0.717) is 44.1 Å². The minimum Gasteiger partial charge on any atom is -0.367 e. The van der Waals surface area contributed by atoms with E-state index in [1.54, 1.807) is 17.9 Å². The molecule has 0 aliphatic carbocycles. The minimum atomic E-state index is -0.124. The van der Waals surface area contributed by atoms with Crippen molar-refractivity contribution >= 4 is 17.6 Å². The lowest BCUT2D eigenvalue weighted by atomic mass is 9.96. The lowest BCUT2D eigenvalue weighted by molar-refractivity contribution is -0.139. The molecule has 1 saturated heterocycles. The molecule has 138 valence electrons. The van der Waals surface area contributed by atoms with Crippen molar-refractivity contribution in [2.75, 3.05) is 25.0 Å². The summed E-state index contributed by atoms with van der Waals surface area (Å²) in [6.45, 7) is 3.37. The number of rotatable bonds is 6. The van der Waals surface area contributed by atoms with Crippen molar-refractivity contribution in [1.82, 2.24) is 10.1 Å². The number of aryl methyl sites for hydroxylation is 1. The van der Waals surface area contributed by atoms with E-state index in [-0.39, 0.29) is 24.3 Å². The number of nitrogens with one attached hydrogen (secondary N) is 1. The van der Waals surface area contributed by atoms with Gasteiger partial charge in [-0.1, -0.05) is 35.5 Å². The van der Waals surface area contributed by atoms with Crippen molar-refractivity contribution in [1.29, 1.82) is 0 Å². The van der Waals surface area contributed by atoms with Gasteiger partial charge in [-0.25, -0.2) is 0 Å².